The summed E-state index contributed by atoms with van der Waals surface area (Å²) in [4.78, 5) is 97.6. The average molecular weight is 815 g/mol. The minimum atomic E-state index is -1.48. The van der Waals surface area contributed by atoms with E-state index >= 15 is 0 Å². The standard InChI is InChI=1S/C38H54N8O12/c39-30(21-28-7-3-1-4-8-28)37(56)43-42-32(48)15-14-27-10-12-29(13-11-27)22-41-31(47)9-5-2-6-16-40-33(49)23-44(19-20-46(38(57)58)26-36(54)55)17-18-45(24-34(50)51)25-35(52)53/h1,3-4,7-8,10-13,30H,2,5-6,9,14-26,39H2,(H,40,49)(H,41,47)(H,42,48)(H,43,56)(H,50,51)(H,52,53)(H,54,55)(H,57,58)/t30-/m1/s1. The van der Waals surface area contributed by atoms with E-state index in [0.29, 0.717) is 43.5 Å². The molecule has 0 aromatic heterocycles. The van der Waals surface area contributed by atoms with E-state index in [9.17, 15) is 43.5 Å². The van der Waals surface area contributed by atoms with Gasteiger partial charge in [-0.3, -0.25) is 59.1 Å². The summed E-state index contributed by atoms with van der Waals surface area (Å²) in [6.45, 7) is -1.98. The summed E-state index contributed by atoms with van der Waals surface area (Å²) in [5, 5.41) is 42.1. The van der Waals surface area contributed by atoms with E-state index in [0.717, 1.165) is 21.6 Å². The Bertz CT molecular complexity index is 1650. The number of carboxylic acid groups (broad SMARTS) is 4. The van der Waals surface area contributed by atoms with Gasteiger partial charge in [0.05, 0.1) is 25.7 Å². The van der Waals surface area contributed by atoms with E-state index in [1.165, 1.54) is 4.90 Å². The van der Waals surface area contributed by atoms with Crippen molar-refractivity contribution in [2.45, 2.75) is 57.5 Å². The molecule has 0 bridgehead atoms. The zero-order chi connectivity index (χ0) is 42.9. The van der Waals surface area contributed by atoms with E-state index in [4.69, 9.17) is 21.1 Å². The third-order valence-electron chi connectivity index (χ3n) is 8.62. The molecule has 1 atom stereocenters. The number of carbonyl (C=O) groups is 8. The first-order valence-corrected chi connectivity index (χ1v) is 18.7. The Labute approximate surface area is 335 Å². The molecule has 20 heteroatoms. The van der Waals surface area contributed by atoms with Crippen molar-refractivity contribution in [3.8, 4) is 0 Å². The number of hydrazine groups is 1. The molecular formula is C38H54N8O12. The maximum absolute atomic E-state index is 12.7. The lowest BCUT2D eigenvalue weighted by atomic mass is 10.1. The normalized spacial score (nSPS) is 11.4. The van der Waals surface area contributed by atoms with Crippen LogP contribution in [-0.2, 0) is 52.9 Å². The second-order valence-corrected chi connectivity index (χ2v) is 13.5. The molecule has 0 aliphatic rings. The lowest BCUT2D eigenvalue weighted by Gasteiger charge is -2.27. The van der Waals surface area contributed by atoms with Crippen LogP contribution in [0.3, 0.4) is 0 Å². The number of benzene rings is 2. The van der Waals surface area contributed by atoms with Crippen LogP contribution in [0.1, 0.15) is 48.8 Å². The van der Waals surface area contributed by atoms with E-state index < -0.39 is 61.5 Å². The van der Waals surface area contributed by atoms with Gasteiger partial charge in [0.15, 0.2) is 0 Å². The van der Waals surface area contributed by atoms with Crippen LogP contribution < -0.4 is 27.2 Å². The van der Waals surface area contributed by atoms with E-state index in [2.05, 4.69) is 21.5 Å². The quantitative estimate of drug-likeness (QED) is 0.0385. The van der Waals surface area contributed by atoms with Crippen LogP contribution in [0.5, 0.6) is 0 Å². The van der Waals surface area contributed by atoms with E-state index in [1.807, 2.05) is 54.6 Å². The molecule has 2 aromatic carbocycles. The minimum absolute atomic E-state index is 0.00120. The molecule has 0 aliphatic carbocycles. The number of aliphatic carboxylic acids is 3. The highest BCUT2D eigenvalue weighted by molar-refractivity contribution is 5.85. The largest absolute Gasteiger partial charge is 0.480 e. The first kappa shape index (κ1) is 48.0. The number of aryl methyl sites for hydroxylation is 1. The Morgan fingerprint density at radius 1 is 0.569 bits per heavy atom. The molecule has 0 spiro atoms. The number of carbonyl (C=O) groups excluding carboxylic acids is 4. The maximum Gasteiger partial charge on any atom is 0.407 e. The molecule has 0 saturated heterocycles. The Hall–Kier alpha value is -6.12. The fourth-order valence-corrected chi connectivity index (χ4v) is 5.51. The number of nitrogens with zero attached hydrogens (tertiary/aromatic N) is 3. The lowest BCUT2D eigenvalue weighted by molar-refractivity contribution is -0.142. The smallest absolute Gasteiger partial charge is 0.407 e. The lowest BCUT2D eigenvalue weighted by Crippen LogP contribution is -2.50. The van der Waals surface area contributed by atoms with Crippen LogP contribution >= 0.6 is 0 Å². The SMILES string of the molecule is N[C@H](Cc1ccccc1)C(=O)NNC(=O)CCc1ccc(CNC(=O)CCCCCNC(=O)CN(CCN(CC(=O)O)CC(=O)O)CCN(CC(=O)O)C(=O)O)cc1. The van der Waals surface area contributed by atoms with Gasteiger partial charge in [0.1, 0.15) is 6.54 Å². The molecule has 2 aromatic rings. The van der Waals surface area contributed by atoms with Crippen LogP contribution in [0.4, 0.5) is 4.79 Å². The fraction of sp³-hybridized carbons (Fsp3) is 0.474. The number of nitrogens with one attached hydrogen (secondary N) is 4. The molecule has 0 radical (unpaired) electrons. The minimum Gasteiger partial charge on any atom is -0.480 e. The van der Waals surface area contributed by atoms with Crippen molar-refractivity contribution in [2.24, 2.45) is 5.73 Å². The van der Waals surface area contributed by atoms with Gasteiger partial charge in [-0.2, -0.15) is 0 Å². The molecule has 58 heavy (non-hydrogen) atoms. The van der Waals surface area contributed by atoms with Crippen LogP contribution in [0.25, 0.3) is 0 Å². The van der Waals surface area contributed by atoms with Crippen LogP contribution in [0.15, 0.2) is 54.6 Å². The van der Waals surface area contributed by atoms with Gasteiger partial charge in [-0.05, 0) is 42.4 Å². The Balaban J connectivity index is 1.67. The molecule has 5 amide bonds. The molecule has 0 aliphatic heterocycles. The topological polar surface area (TPSA) is 301 Å². The van der Waals surface area contributed by atoms with Gasteiger partial charge >= 0.3 is 24.0 Å². The summed E-state index contributed by atoms with van der Waals surface area (Å²) in [5.41, 5.74) is 13.4. The van der Waals surface area contributed by atoms with Crippen molar-refractivity contribution in [3.05, 3.63) is 71.3 Å². The summed E-state index contributed by atoms with van der Waals surface area (Å²) < 4.78 is 0. The fourth-order valence-electron chi connectivity index (χ4n) is 5.51. The number of nitrogens with two attached hydrogens (primary N) is 1. The molecule has 0 fully saturated rings. The maximum atomic E-state index is 12.7. The van der Waals surface area contributed by atoms with Crippen LogP contribution in [-0.4, -0.2) is 148 Å². The highest BCUT2D eigenvalue weighted by Crippen LogP contribution is 2.08. The summed E-state index contributed by atoms with van der Waals surface area (Å²) in [7, 11) is 0. The van der Waals surface area contributed by atoms with Crippen molar-refractivity contribution in [2.75, 3.05) is 58.9 Å². The van der Waals surface area contributed by atoms with E-state index in [1.54, 1.807) is 0 Å². The zero-order valence-electron chi connectivity index (χ0n) is 32.3. The number of hydrogen-bond donors (Lipinski definition) is 9. The summed E-state index contributed by atoms with van der Waals surface area (Å²) in [6, 6.07) is 15.9. The molecule has 0 unspecified atom stereocenters. The van der Waals surface area contributed by atoms with Crippen molar-refractivity contribution in [1.82, 2.24) is 36.2 Å². The number of amides is 5. The Morgan fingerprint density at radius 2 is 1.17 bits per heavy atom. The van der Waals surface area contributed by atoms with Crippen molar-refractivity contribution >= 4 is 47.6 Å². The molecule has 318 valence electrons. The Morgan fingerprint density at radius 3 is 1.79 bits per heavy atom. The van der Waals surface area contributed by atoms with Crippen molar-refractivity contribution in [3.63, 3.8) is 0 Å². The predicted molar refractivity (Wildman–Crippen MR) is 208 cm³/mol. The van der Waals surface area contributed by atoms with Gasteiger partial charge in [-0.15, -0.1) is 0 Å². The van der Waals surface area contributed by atoms with Crippen molar-refractivity contribution < 1.29 is 58.8 Å². The number of rotatable bonds is 28. The number of carboxylic acids is 3. The molecular weight excluding hydrogens is 760 g/mol. The van der Waals surface area contributed by atoms with Crippen molar-refractivity contribution in [1.29, 1.82) is 0 Å². The zero-order valence-corrected chi connectivity index (χ0v) is 32.3. The van der Waals surface area contributed by atoms with Gasteiger partial charge < -0.3 is 36.8 Å². The first-order valence-electron chi connectivity index (χ1n) is 18.7. The van der Waals surface area contributed by atoms with Gasteiger partial charge in [-0.1, -0.05) is 61.0 Å². The Kier molecular flexibility index (Phi) is 22.1. The van der Waals surface area contributed by atoms with E-state index in [-0.39, 0.29) is 63.9 Å². The van der Waals surface area contributed by atoms with Crippen LogP contribution in [0, 0.1) is 0 Å². The highest BCUT2D eigenvalue weighted by Gasteiger charge is 2.21. The van der Waals surface area contributed by atoms with Gasteiger partial charge in [0.2, 0.25) is 17.7 Å². The van der Waals surface area contributed by atoms with Gasteiger partial charge in [0.25, 0.3) is 5.91 Å². The monoisotopic (exact) mass is 814 g/mol. The second-order valence-electron chi connectivity index (χ2n) is 13.5. The molecule has 2 rings (SSSR count). The van der Waals surface area contributed by atoms with Gasteiger partial charge in [-0.25, -0.2) is 4.79 Å². The molecule has 0 heterocycles. The number of hydrogen-bond acceptors (Lipinski definition) is 11. The number of unbranched alkanes of at least 4 members (excludes halogenated alkanes) is 2. The molecule has 10 N–H and O–H groups in total. The second kappa shape index (κ2) is 26.7. The predicted octanol–water partition coefficient (Wildman–Crippen LogP) is -0.533. The molecule has 0 saturated carbocycles. The van der Waals surface area contributed by atoms with Crippen LogP contribution in [0.2, 0.25) is 0 Å². The summed E-state index contributed by atoms with van der Waals surface area (Å²) in [6.07, 6.45) is 1.45. The third kappa shape index (κ3) is 21.8. The molecule has 20 nitrogen and oxygen atoms in total. The van der Waals surface area contributed by atoms with Gasteiger partial charge in [0, 0.05) is 52.1 Å². The first-order chi connectivity index (χ1) is 27.6. The summed E-state index contributed by atoms with van der Waals surface area (Å²) >= 11 is 0. The average Bonchev–Trinajstić information content (AvgIpc) is 3.17. The third-order valence-corrected chi connectivity index (χ3v) is 8.62. The summed E-state index contributed by atoms with van der Waals surface area (Å²) in [5.74, 6) is -5.31. The highest BCUT2D eigenvalue weighted by atomic mass is 16.4.